The maximum atomic E-state index is 6.03. The second kappa shape index (κ2) is 6.57. The van der Waals surface area contributed by atoms with Crippen molar-refractivity contribution >= 4 is 5.69 Å². The normalized spacial score (nSPS) is 25.4. The van der Waals surface area contributed by atoms with Crippen LogP contribution in [0.25, 0.3) is 0 Å². The molecule has 1 unspecified atom stereocenters. The van der Waals surface area contributed by atoms with Crippen molar-refractivity contribution in [2.75, 3.05) is 38.6 Å². The Kier molecular flexibility index (Phi) is 5.02. The number of rotatable bonds is 4. The molecule has 1 fully saturated rings. The molecule has 0 saturated carbocycles. The molecule has 2 N–H and O–H groups in total. The van der Waals surface area contributed by atoms with E-state index in [1.165, 1.54) is 11.3 Å². The fourth-order valence-corrected chi connectivity index (χ4v) is 2.96. The predicted molar refractivity (Wildman–Crippen MR) is 84.1 cm³/mol. The molecule has 1 aromatic carbocycles. The summed E-state index contributed by atoms with van der Waals surface area (Å²) in [6.45, 7) is 6.79. The van der Waals surface area contributed by atoms with Gasteiger partial charge in [-0.1, -0.05) is 12.1 Å². The molecule has 1 aliphatic rings. The number of ether oxygens (including phenoxy) is 1. The van der Waals surface area contributed by atoms with Crippen molar-refractivity contribution in [3.05, 3.63) is 29.8 Å². The van der Waals surface area contributed by atoms with E-state index in [4.69, 9.17) is 10.5 Å². The number of anilines is 1. The number of nitrogens with two attached hydrogens (primary N) is 1. The van der Waals surface area contributed by atoms with E-state index in [0.717, 1.165) is 13.1 Å². The zero-order chi connectivity index (χ0) is 14.7. The first kappa shape index (κ1) is 15.3. The summed E-state index contributed by atoms with van der Waals surface area (Å²) in [5, 5.41) is 0. The van der Waals surface area contributed by atoms with Gasteiger partial charge in [0.15, 0.2) is 0 Å². The van der Waals surface area contributed by atoms with E-state index in [1.807, 2.05) is 0 Å². The first-order valence-electron chi connectivity index (χ1n) is 7.38. The van der Waals surface area contributed by atoms with E-state index in [0.29, 0.717) is 6.54 Å². The van der Waals surface area contributed by atoms with Crippen molar-refractivity contribution in [2.45, 2.75) is 32.1 Å². The molecule has 2 rings (SSSR count). The van der Waals surface area contributed by atoms with Gasteiger partial charge in [0.05, 0.1) is 12.2 Å². The van der Waals surface area contributed by atoms with Gasteiger partial charge in [0.1, 0.15) is 0 Å². The standard InChI is InChI=1S/C16H27N3O/c1-12-10-19(11-13(2)20-12)16(9-17)14-5-7-15(8-6-14)18(3)4/h5-8,12-13,16H,9-11,17H2,1-4H3/t12-,13+,16?. The van der Waals surface area contributed by atoms with Crippen molar-refractivity contribution in [1.82, 2.24) is 4.90 Å². The maximum absolute atomic E-state index is 6.03. The zero-order valence-electron chi connectivity index (χ0n) is 13.0. The van der Waals surface area contributed by atoms with Gasteiger partial charge in [-0.15, -0.1) is 0 Å². The Balaban J connectivity index is 2.14. The Hall–Kier alpha value is -1.10. The Morgan fingerprint density at radius 1 is 1.20 bits per heavy atom. The van der Waals surface area contributed by atoms with Gasteiger partial charge in [0, 0.05) is 45.5 Å². The van der Waals surface area contributed by atoms with Crippen LogP contribution < -0.4 is 10.6 Å². The van der Waals surface area contributed by atoms with Crippen LogP contribution in [0.1, 0.15) is 25.5 Å². The van der Waals surface area contributed by atoms with E-state index < -0.39 is 0 Å². The van der Waals surface area contributed by atoms with Gasteiger partial charge in [-0.25, -0.2) is 0 Å². The number of hydrogen-bond donors (Lipinski definition) is 1. The summed E-state index contributed by atoms with van der Waals surface area (Å²) in [4.78, 5) is 4.56. The fraction of sp³-hybridized carbons (Fsp3) is 0.625. The molecule has 4 heteroatoms. The summed E-state index contributed by atoms with van der Waals surface area (Å²) in [7, 11) is 4.11. The average Bonchev–Trinajstić information content (AvgIpc) is 2.39. The Morgan fingerprint density at radius 3 is 2.20 bits per heavy atom. The van der Waals surface area contributed by atoms with Crippen molar-refractivity contribution < 1.29 is 4.74 Å². The predicted octanol–water partition coefficient (Wildman–Crippen LogP) is 1.86. The first-order chi connectivity index (χ1) is 9.51. The highest BCUT2D eigenvalue weighted by molar-refractivity contribution is 5.46. The molecule has 20 heavy (non-hydrogen) atoms. The van der Waals surface area contributed by atoms with Crippen LogP contribution >= 0.6 is 0 Å². The van der Waals surface area contributed by atoms with Crippen LogP contribution in [0.5, 0.6) is 0 Å². The van der Waals surface area contributed by atoms with Gasteiger partial charge >= 0.3 is 0 Å². The summed E-state index contributed by atoms with van der Waals surface area (Å²) in [5.41, 5.74) is 8.54. The highest BCUT2D eigenvalue weighted by atomic mass is 16.5. The van der Waals surface area contributed by atoms with Crippen molar-refractivity contribution in [3.8, 4) is 0 Å². The first-order valence-corrected chi connectivity index (χ1v) is 7.38. The minimum atomic E-state index is 0.272. The summed E-state index contributed by atoms with van der Waals surface area (Å²) in [6, 6.07) is 8.98. The van der Waals surface area contributed by atoms with Crippen LogP contribution in [-0.2, 0) is 4.74 Å². The van der Waals surface area contributed by atoms with E-state index in [9.17, 15) is 0 Å². The quantitative estimate of drug-likeness (QED) is 0.912. The largest absolute Gasteiger partial charge is 0.378 e. The molecule has 1 heterocycles. The molecule has 1 aliphatic heterocycles. The second-order valence-corrected chi connectivity index (χ2v) is 5.95. The summed E-state index contributed by atoms with van der Waals surface area (Å²) >= 11 is 0. The molecule has 1 saturated heterocycles. The van der Waals surface area contributed by atoms with Gasteiger partial charge in [-0.2, -0.15) is 0 Å². The molecule has 4 nitrogen and oxygen atoms in total. The van der Waals surface area contributed by atoms with Gasteiger partial charge < -0.3 is 15.4 Å². The van der Waals surface area contributed by atoms with E-state index >= 15 is 0 Å². The number of morpholine rings is 1. The molecule has 0 bridgehead atoms. The van der Waals surface area contributed by atoms with Gasteiger partial charge in [0.25, 0.3) is 0 Å². The summed E-state index contributed by atoms with van der Waals surface area (Å²) < 4.78 is 5.81. The zero-order valence-corrected chi connectivity index (χ0v) is 13.0. The third kappa shape index (κ3) is 3.51. The van der Waals surface area contributed by atoms with Crippen molar-refractivity contribution in [1.29, 1.82) is 0 Å². The average molecular weight is 277 g/mol. The lowest BCUT2D eigenvalue weighted by Crippen LogP contribution is -2.48. The molecule has 0 aliphatic carbocycles. The van der Waals surface area contributed by atoms with Gasteiger partial charge in [0.2, 0.25) is 0 Å². The van der Waals surface area contributed by atoms with Crippen LogP contribution in [0.3, 0.4) is 0 Å². The SMILES string of the molecule is C[C@@H]1CN(C(CN)c2ccc(N(C)C)cc2)C[C@H](C)O1. The van der Waals surface area contributed by atoms with Crippen molar-refractivity contribution in [2.24, 2.45) is 5.73 Å². The van der Waals surface area contributed by atoms with Crippen LogP contribution in [0.15, 0.2) is 24.3 Å². The van der Waals surface area contributed by atoms with Gasteiger partial charge in [-0.3, -0.25) is 4.90 Å². The number of nitrogens with zero attached hydrogens (tertiary/aromatic N) is 2. The van der Waals surface area contributed by atoms with Crippen LogP contribution in [-0.4, -0.2) is 50.8 Å². The van der Waals surface area contributed by atoms with Crippen LogP contribution in [0.2, 0.25) is 0 Å². The molecule has 0 amide bonds. The molecule has 0 spiro atoms. The van der Waals surface area contributed by atoms with E-state index in [1.54, 1.807) is 0 Å². The van der Waals surface area contributed by atoms with Gasteiger partial charge in [-0.05, 0) is 31.5 Å². The number of hydrogen-bond acceptors (Lipinski definition) is 4. The minimum Gasteiger partial charge on any atom is -0.378 e. The van der Waals surface area contributed by atoms with E-state index in [-0.39, 0.29) is 18.2 Å². The lowest BCUT2D eigenvalue weighted by Gasteiger charge is -2.40. The monoisotopic (exact) mass is 277 g/mol. The van der Waals surface area contributed by atoms with Crippen molar-refractivity contribution in [3.63, 3.8) is 0 Å². The molecule has 1 aromatic rings. The highest BCUT2D eigenvalue weighted by Crippen LogP contribution is 2.25. The molecular weight excluding hydrogens is 250 g/mol. The molecule has 3 atom stereocenters. The smallest absolute Gasteiger partial charge is 0.0678 e. The summed E-state index contributed by atoms with van der Waals surface area (Å²) in [5.74, 6) is 0. The second-order valence-electron chi connectivity index (χ2n) is 5.95. The minimum absolute atomic E-state index is 0.272. The molecular formula is C16H27N3O. The Bertz CT molecular complexity index is 408. The topological polar surface area (TPSA) is 41.7 Å². The lowest BCUT2D eigenvalue weighted by atomic mass is 10.0. The Labute approximate surface area is 122 Å². The highest BCUT2D eigenvalue weighted by Gasteiger charge is 2.28. The maximum Gasteiger partial charge on any atom is 0.0678 e. The lowest BCUT2D eigenvalue weighted by molar-refractivity contribution is -0.0799. The number of benzene rings is 1. The van der Waals surface area contributed by atoms with Crippen LogP contribution in [0.4, 0.5) is 5.69 Å². The van der Waals surface area contributed by atoms with Crippen LogP contribution in [0, 0.1) is 0 Å². The molecule has 112 valence electrons. The molecule has 0 aromatic heterocycles. The molecule has 0 radical (unpaired) electrons. The third-order valence-corrected chi connectivity index (χ3v) is 3.91. The Morgan fingerprint density at radius 2 is 1.75 bits per heavy atom. The third-order valence-electron chi connectivity index (χ3n) is 3.91. The van der Waals surface area contributed by atoms with E-state index in [2.05, 4.69) is 62.0 Å². The fourth-order valence-electron chi connectivity index (χ4n) is 2.96. The summed E-state index contributed by atoms with van der Waals surface area (Å²) in [6.07, 6.45) is 0.544.